The van der Waals surface area contributed by atoms with Crippen molar-refractivity contribution in [3.63, 3.8) is 0 Å². The fourth-order valence-electron chi connectivity index (χ4n) is 1.05. The Morgan fingerprint density at radius 2 is 1.86 bits per heavy atom. The van der Waals surface area contributed by atoms with Gasteiger partial charge in [0.25, 0.3) is 0 Å². The number of carboxylic acid groups (broad SMARTS) is 1. The maximum atomic E-state index is 10.5. The van der Waals surface area contributed by atoms with Crippen molar-refractivity contribution in [1.82, 2.24) is 10.6 Å². The second-order valence-corrected chi connectivity index (χ2v) is 4.92. The maximum absolute atomic E-state index is 10.5. The van der Waals surface area contributed by atoms with Gasteiger partial charge in [0.1, 0.15) is 0 Å². The van der Waals surface area contributed by atoms with Gasteiger partial charge in [-0.3, -0.25) is 4.79 Å². The minimum Gasteiger partial charge on any atom is -0.481 e. The molecule has 0 heterocycles. The lowest BCUT2D eigenvalue weighted by Crippen LogP contribution is -2.29. The molecular weight excluding hydrogens is 196 g/mol. The highest BCUT2D eigenvalue weighted by Crippen LogP contribution is 2.02. The Labute approximate surface area is 88.9 Å². The minimum absolute atomic E-state index is 0.105. The molecule has 0 aromatic carbocycles. The number of aliphatic carboxylic acids is 1. The monoisotopic (exact) mass is 218 g/mol. The summed E-state index contributed by atoms with van der Waals surface area (Å²) in [6.07, 6.45) is 1.91. The predicted molar refractivity (Wildman–Crippen MR) is 62.0 cm³/mol. The second-order valence-electron chi connectivity index (χ2n) is 3.53. The molecule has 0 radical (unpaired) electrons. The summed E-state index contributed by atoms with van der Waals surface area (Å²) in [4.78, 5) is 10.5. The normalized spacial score (nSPS) is 12.9. The van der Waals surface area contributed by atoms with Crippen LogP contribution in [0.3, 0.4) is 0 Å². The molecule has 0 aliphatic heterocycles. The van der Waals surface area contributed by atoms with Crippen LogP contribution in [0.25, 0.3) is 0 Å². The first kappa shape index (κ1) is 13.6. The van der Waals surface area contributed by atoms with E-state index in [4.69, 9.17) is 5.11 Å². The van der Waals surface area contributed by atoms with Gasteiger partial charge in [-0.2, -0.15) is 0 Å². The molecule has 1 unspecified atom stereocenters. The summed E-state index contributed by atoms with van der Waals surface area (Å²) in [5.41, 5.74) is -0.105. The number of carbonyl (C=O) groups is 1. The van der Waals surface area contributed by atoms with Crippen LogP contribution in [0.15, 0.2) is 0 Å². The van der Waals surface area contributed by atoms with Gasteiger partial charge in [0.15, 0.2) is 0 Å². The molecule has 0 aromatic rings. The Morgan fingerprint density at radius 3 is 2.36 bits per heavy atom. The largest absolute Gasteiger partial charge is 0.481 e. The maximum Gasteiger partial charge on any atom is 0.302 e. The SMILES string of the molecule is CCCNCCNCCC([SiH3])C(=O)O. The summed E-state index contributed by atoms with van der Waals surface area (Å²) in [5, 5.41) is 15.2. The molecule has 3 N–H and O–H groups in total. The van der Waals surface area contributed by atoms with E-state index in [2.05, 4.69) is 17.6 Å². The summed E-state index contributed by atoms with van der Waals surface area (Å²) >= 11 is 0. The van der Waals surface area contributed by atoms with Gasteiger partial charge in [-0.25, -0.2) is 0 Å². The van der Waals surface area contributed by atoms with Crippen LogP contribution in [0.5, 0.6) is 0 Å². The molecule has 4 nitrogen and oxygen atoms in total. The van der Waals surface area contributed by atoms with Crippen LogP contribution in [0.2, 0.25) is 5.54 Å². The highest BCUT2D eigenvalue weighted by molar-refractivity contribution is 6.22. The standard InChI is InChI=1S/C9H22N2O2Si/c1-2-4-10-6-7-11-5-3-8(14)9(12)13/h8,10-11H,2-7H2,1,14H3,(H,12,13). The second kappa shape index (κ2) is 9.17. The molecule has 0 amide bonds. The van der Waals surface area contributed by atoms with Gasteiger partial charge in [0.05, 0.1) is 0 Å². The molecular formula is C9H22N2O2Si. The van der Waals surface area contributed by atoms with E-state index in [1.807, 2.05) is 0 Å². The van der Waals surface area contributed by atoms with E-state index in [1.165, 1.54) is 0 Å². The Balaban J connectivity index is 3.09. The van der Waals surface area contributed by atoms with E-state index in [0.29, 0.717) is 0 Å². The van der Waals surface area contributed by atoms with E-state index >= 15 is 0 Å². The van der Waals surface area contributed by atoms with Gasteiger partial charge in [-0.05, 0) is 25.9 Å². The number of hydrogen-bond donors (Lipinski definition) is 3. The topological polar surface area (TPSA) is 61.4 Å². The molecule has 0 fully saturated rings. The van der Waals surface area contributed by atoms with E-state index < -0.39 is 5.97 Å². The lowest BCUT2D eigenvalue weighted by molar-refractivity contribution is -0.136. The average Bonchev–Trinajstić information content (AvgIpc) is 2.16. The molecule has 0 rings (SSSR count). The molecule has 84 valence electrons. The van der Waals surface area contributed by atoms with Crippen LogP contribution in [0, 0.1) is 0 Å². The number of rotatable bonds is 9. The highest BCUT2D eigenvalue weighted by atomic mass is 28.1. The van der Waals surface area contributed by atoms with Crippen LogP contribution < -0.4 is 10.6 Å². The molecule has 0 spiro atoms. The molecule has 0 saturated carbocycles. The smallest absolute Gasteiger partial charge is 0.302 e. The zero-order chi connectivity index (χ0) is 10.8. The van der Waals surface area contributed by atoms with Gasteiger partial charge >= 0.3 is 5.97 Å². The van der Waals surface area contributed by atoms with Crippen molar-refractivity contribution in [3.05, 3.63) is 0 Å². The molecule has 1 atom stereocenters. The summed E-state index contributed by atoms with van der Waals surface area (Å²) in [5.74, 6) is -0.650. The summed E-state index contributed by atoms with van der Waals surface area (Å²) in [7, 11) is 0.739. The van der Waals surface area contributed by atoms with Gasteiger partial charge in [0.2, 0.25) is 0 Å². The van der Waals surface area contributed by atoms with E-state index in [9.17, 15) is 4.79 Å². The number of hydrogen-bond acceptors (Lipinski definition) is 3. The highest BCUT2D eigenvalue weighted by Gasteiger charge is 2.08. The summed E-state index contributed by atoms with van der Waals surface area (Å²) in [6, 6.07) is 0. The molecule has 0 saturated heterocycles. The third-order valence-electron chi connectivity index (χ3n) is 2.08. The molecule has 0 aromatic heterocycles. The Hall–Kier alpha value is -0.393. The van der Waals surface area contributed by atoms with Crippen molar-refractivity contribution in [2.24, 2.45) is 0 Å². The first-order valence-corrected chi connectivity index (χ1v) is 6.48. The van der Waals surface area contributed by atoms with Crippen molar-refractivity contribution < 1.29 is 9.90 Å². The Morgan fingerprint density at radius 1 is 1.29 bits per heavy atom. The van der Waals surface area contributed by atoms with E-state index in [-0.39, 0.29) is 5.54 Å². The van der Waals surface area contributed by atoms with Crippen molar-refractivity contribution in [2.45, 2.75) is 25.3 Å². The van der Waals surface area contributed by atoms with Gasteiger partial charge in [-0.15, -0.1) is 0 Å². The van der Waals surface area contributed by atoms with Crippen LogP contribution in [0.1, 0.15) is 19.8 Å². The number of nitrogens with one attached hydrogen (secondary N) is 2. The third-order valence-corrected chi connectivity index (χ3v) is 3.15. The van der Waals surface area contributed by atoms with Gasteiger partial charge in [0, 0.05) is 28.9 Å². The lowest BCUT2D eigenvalue weighted by Gasteiger charge is -2.07. The zero-order valence-corrected chi connectivity index (χ0v) is 11.2. The quantitative estimate of drug-likeness (QED) is 0.350. The van der Waals surface area contributed by atoms with E-state index in [0.717, 1.165) is 49.3 Å². The average molecular weight is 218 g/mol. The van der Waals surface area contributed by atoms with Crippen LogP contribution >= 0.6 is 0 Å². The summed E-state index contributed by atoms with van der Waals surface area (Å²) in [6.45, 7) is 5.90. The molecule has 0 bridgehead atoms. The fraction of sp³-hybridized carbons (Fsp3) is 0.889. The first-order chi connectivity index (χ1) is 6.68. The van der Waals surface area contributed by atoms with Crippen LogP contribution in [0.4, 0.5) is 0 Å². The van der Waals surface area contributed by atoms with Crippen LogP contribution in [-0.2, 0) is 4.79 Å². The van der Waals surface area contributed by atoms with Crippen molar-refractivity contribution in [2.75, 3.05) is 26.2 Å². The predicted octanol–water partition coefficient (Wildman–Crippen LogP) is -0.796. The molecule has 0 aliphatic rings. The Kier molecular flexibility index (Phi) is 8.92. The first-order valence-electron chi connectivity index (χ1n) is 5.32. The molecule has 0 aliphatic carbocycles. The Bertz CT molecular complexity index is 156. The van der Waals surface area contributed by atoms with Crippen molar-refractivity contribution in [1.29, 1.82) is 0 Å². The van der Waals surface area contributed by atoms with Crippen molar-refractivity contribution in [3.8, 4) is 0 Å². The van der Waals surface area contributed by atoms with Crippen LogP contribution in [-0.4, -0.2) is 47.5 Å². The van der Waals surface area contributed by atoms with Gasteiger partial charge in [-0.1, -0.05) is 6.92 Å². The van der Waals surface area contributed by atoms with Gasteiger partial charge < -0.3 is 15.7 Å². The molecule has 5 heteroatoms. The number of carboxylic acids is 1. The van der Waals surface area contributed by atoms with Crippen molar-refractivity contribution >= 4 is 16.2 Å². The summed E-state index contributed by atoms with van der Waals surface area (Å²) < 4.78 is 0. The van der Waals surface area contributed by atoms with E-state index in [1.54, 1.807) is 0 Å². The zero-order valence-electron chi connectivity index (χ0n) is 9.18. The minimum atomic E-state index is -0.650. The fourth-order valence-corrected chi connectivity index (χ4v) is 1.33. The lowest BCUT2D eigenvalue weighted by atomic mass is 10.3. The third kappa shape index (κ3) is 8.22. The molecule has 14 heavy (non-hydrogen) atoms.